The largest absolute Gasteiger partial charge is 0.497 e. The molecule has 1 N–H and O–H groups in total. The molecule has 3 rings (SSSR count). The predicted molar refractivity (Wildman–Crippen MR) is 93.2 cm³/mol. The third-order valence-electron chi connectivity index (χ3n) is 3.28. The molecule has 0 bridgehead atoms. The molecule has 3 aromatic rings. The number of ether oxygens (including phenoxy) is 1. The predicted octanol–water partition coefficient (Wildman–Crippen LogP) is 3.34. The van der Waals surface area contributed by atoms with Crippen LogP contribution in [-0.2, 0) is 0 Å². The average Bonchev–Trinajstić information content (AvgIpc) is 3.11. The van der Waals surface area contributed by atoms with Gasteiger partial charge in [0.15, 0.2) is 0 Å². The van der Waals surface area contributed by atoms with Crippen LogP contribution in [0.5, 0.6) is 11.6 Å². The van der Waals surface area contributed by atoms with E-state index >= 15 is 0 Å². The lowest BCUT2D eigenvalue weighted by atomic mass is 10.2. The Morgan fingerprint density at radius 3 is 2.18 bits per heavy atom. The Morgan fingerprint density at radius 1 is 1.07 bits per heavy atom. The highest BCUT2D eigenvalue weighted by Gasteiger charge is 2.30. The van der Waals surface area contributed by atoms with Gasteiger partial charge in [-0.1, -0.05) is 0 Å². The van der Waals surface area contributed by atoms with Crippen molar-refractivity contribution in [2.24, 2.45) is 0 Å². The molecule has 13 heteroatoms. The summed E-state index contributed by atoms with van der Waals surface area (Å²) in [5, 5.41) is 41.1. The first kappa shape index (κ1) is 20.0. The second-order valence-electron chi connectivity index (χ2n) is 4.99. The molecule has 0 aliphatic heterocycles. The molecule has 13 nitrogen and oxygen atoms in total. The number of benzene rings is 1. The number of rotatable bonds is 5. The molecule has 0 amide bonds. The van der Waals surface area contributed by atoms with E-state index in [1.54, 1.807) is 12.5 Å². The van der Waals surface area contributed by atoms with Crippen molar-refractivity contribution in [3.05, 3.63) is 67.1 Å². The molecule has 2 aromatic heterocycles. The second kappa shape index (κ2) is 8.39. The molecule has 146 valence electrons. The van der Waals surface area contributed by atoms with Crippen LogP contribution >= 0.6 is 0 Å². The lowest BCUT2D eigenvalue weighted by Gasteiger charge is -2.00. The summed E-state index contributed by atoms with van der Waals surface area (Å²) in [6.07, 6.45) is 3.31. The van der Waals surface area contributed by atoms with Crippen LogP contribution in [0.2, 0.25) is 0 Å². The van der Waals surface area contributed by atoms with Gasteiger partial charge in [0.1, 0.15) is 5.58 Å². The fourth-order valence-electron chi connectivity index (χ4n) is 2.09. The molecule has 0 saturated carbocycles. The van der Waals surface area contributed by atoms with Gasteiger partial charge in [0.25, 0.3) is 11.4 Å². The van der Waals surface area contributed by atoms with Crippen LogP contribution in [0.25, 0.3) is 11.0 Å². The zero-order valence-corrected chi connectivity index (χ0v) is 14.2. The monoisotopic (exact) mass is 392 g/mol. The summed E-state index contributed by atoms with van der Waals surface area (Å²) < 4.78 is 10.5. The summed E-state index contributed by atoms with van der Waals surface area (Å²) in [7, 11) is 0. The van der Waals surface area contributed by atoms with Gasteiger partial charge in [-0.05, 0) is 19.1 Å². The van der Waals surface area contributed by atoms with E-state index in [1.807, 2.05) is 19.1 Å². The number of hydrogen-bond donors (Lipinski definition) is 1. The molecule has 0 unspecified atom stereocenters. The minimum Gasteiger partial charge on any atom is -0.497 e. The maximum atomic E-state index is 10.4. The van der Waals surface area contributed by atoms with Crippen molar-refractivity contribution in [2.75, 3.05) is 6.61 Å². The number of fused-ring (bicyclic) bond motifs is 1. The number of nitrogens with zero attached hydrogens (tertiary/aromatic N) is 4. The zero-order chi connectivity index (χ0) is 20.8. The molecule has 28 heavy (non-hydrogen) atoms. The third-order valence-corrected chi connectivity index (χ3v) is 3.28. The van der Waals surface area contributed by atoms with Gasteiger partial charge < -0.3 is 14.3 Å². The molecule has 0 aliphatic rings. The van der Waals surface area contributed by atoms with E-state index < -0.39 is 37.6 Å². The number of aromatic nitrogens is 1. The Labute approximate surface area is 155 Å². The number of furan rings is 1. The van der Waals surface area contributed by atoms with Crippen LogP contribution in [-0.4, -0.2) is 31.5 Å². The Hall–Kier alpha value is -4.29. The number of nitro groups is 3. The molecule has 0 fully saturated rings. The van der Waals surface area contributed by atoms with E-state index in [2.05, 4.69) is 4.98 Å². The summed E-state index contributed by atoms with van der Waals surface area (Å²) in [6.45, 7) is 2.55. The normalized spacial score (nSPS) is 10.0. The quantitative estimate of drug-likeness (QED) is 0.498. The Balaban J connectivity index is 0.000000207. The fraction of sp³-hybridized carbons (Fsp3) is 0.133. The summed E-state index contributed by atoms with van der Waals surface area (Å²) in [5.74, 6) is -0.565. The van der Waals surface area contributed by atoms with Crippen molar-refractivity contribution in [1.82, 2.24) is 4.98 Å². The summed E-state index contributed by atoms with van der Waals surface area (Å²) in [4.78, 5) is 31.9. The van der Waals surface area contributed by atoms with Gasteiger partial charge in [-0.3, -0.25) is 30.3 Å². The lowest BCUT2D eigenvalue weighted by Crippen LogP contribution is -1.97. The van der Waals surface area contributed by atoms with Crippen LogP contribution in [0, 0.1) is 30.3 Å². The van der Waals surface area contributed by atoms with Gasteiger partial charge in [0.2, 0.25) is 5.88 Å². The molecule has 1 aromatic carbocycles. The standard InChI is InChI=1S/C9H9NO2.C6H3N3O7/c1-2-11-9-7-4-6-12-8(7)3-5-10-9;10-6-4(8(13)14)1-3(7(11)12)2-5(6)9(15)16/h3-6H,2H2,1H3;1-2,10H. The van der Waals surface area contributed by atoms with E-state index in [1.165, 1.54) is 0 Å². The van der Waals surface area contributed by atoms with Crippen molar-refractivity contribution in [3.63, 3.8) is 0 Å². The molecular weight excluding hydrogens is 380 g/mol. The van der Waals surface area contributed by atoms with Crippen molar-refractivity contribution < 1.29 is 29.0 Å². The third kappa shape index (κ3) is 4.27. The van der Waals surface area contributed by atoms with Crippen molar-refractivity contribution in [1.29, 1.82) is 0 Å². The Bertz CT molecular complexity index is 1010. The van der Waals surface area contributed by atoms with Crippen LogP contribution < -0.4 is 4.74 Å². The van der Waals surface area contributed by atoms with Crippen LogP contribution in [0.1, 0.15) is 6.92 Å². The number of nitro benzene ring substituents is 3. The molecule has 0 saturated heterocycles. The summed E-state index contributed by atoms with van der Waals surface area (Å²) >= 11 is 0. The minimum atomic E-state index is -1.21. The first-order valence-corrected chi connectivity index (χ1v) is 7.51. The van der Waals surface area contributed by atoms with E-state index in [4.69, 9.17) is 14.3 Å². The number of non-ortho nitro benzene ring substituents is 1. The van der Waals surface area contributed by atoms with Crippen LogP contribution in [0.3, 0.4) is 0 Å². The van der Waals surface area contributed by atoms with Gasteiger partial charge >= 0.3 is 11.4 Å². The molecule has 2 heterocycles. The molecule has 0 radical (unpaired) electrons. The second-order valence-corrected chi connectivity index (χ2v) is 4.99. The highest BCUT2D eigenvalue weighted by molar-refractivity contribution is 5.81. The van der Waals surface area contributed by atoms with Crippen molar-refractivity contribution >= 4 is 28.0 Å². The number of pyridine rings is 1. The molecule has 0 aliphatic carbocycles. The van der Waals surface area contributed by atoms with Crippen LogP contribution in [0.15, 0.2) is 41.1 Å². The minimum absolute atomic E-state index is 0.447. The number of phenols is 1. The van der Waals surface area contributed by atoms with Crippen molar-refractivity contribution in [3.8, 4) is 11.6 Å². The van der Waals surface area contributed by atoms with Gasteiger partial charge in [-0.15, -0.1) is 0 Å². The van der Waals surface area contributed by atoms with E-state index in [9.17, 15) is 30.3 Å². The maximum Gasteiger partial charge on any atom is 0.324 e. The highest BCUT2D eigenvalue weighted by atomic mass is 16.6. The van der Waals surface area contributed by atoms with Gasteiger partial charge in [0, 0.05) is 6.20 Å². The maximum absolute atomic E-state index is 10.4. The number of hydrogen-bond acceptors (Lipinski definition) is 10. The van der Waals surface area contributed by atoms with Gasteiger partial charge in [-0.25, -0.2) is 4.98 Å². The Morgan fingerprint density at radius 2 is 1.68 bits per heavy atom. The Kier molecular flexibility index (Phi) is 6.00. The fourth-order valence-corrected chi connectivity index (χ4v) is 2.09. The summed E-state index contributed by atoms with van der Waals surface area (Å²) in [6, 6.07) is 4.57. The first-order valence-electron chi connectivity index (χ1n) is 7.51. The first-order chi connectivity index (χ1) is 13.3. The topological polar surface area (TPSA) is 185 Å². The van der Waals surface area contributed by atoms with E-state index in [0.717, 1.165) is 11.0 Å². The SMILES string of the molecule is CCOc1nccc2occc12.O=[N+]([O-])c1cc([N+](=O)[O-])c(O)c([N+](=O)[O-])c1. The lowest BCUT2D eigenvalue weighted by molar-refractivity contribution is -0.404. The smallest absolute Gasteiger partial charge is 0.324 e. The van der Waals surface area contributed by atoms with E-state index in [-0.39, 0.29) is 0 Å². The average molecular weight is 392 g/mol. The zero-order valence-electron chi connectivity index (χ0n) is 14.2. The van der Waals surface area contributed by atoms with Crippen molar-refractivity contribution in [2.45, 2.75) is 6.92 Å². The molecule has 0 spiro atoms. The van der Waals surface area contributed by atoms with E-state index in [0.29, 0.717) is 24.6 Å². The van der Waals surface area contributed by atoms with Gasteiger partial charge in [0.05, 0.1) is 45.2 Å². The van der Waals surface area contributed by atoms with Crippen LogP contribution in [0.4, 0.5) is 17.1 Å². The number of aromatic hydroxyl groups is 1. The molecule has 0 atom stereocenters. The molecular formula is C15H12N4O9. The highest BCUT2D eigenvalue weighted by Crippen LogP contribution is 2.38. The van der Waals surface area contributed by atoms with Gasteiger partial charge in [-0.2, -0.15) is 0 Å². The number of phenolic OH excluding ortho intramolecular Hbond substituents is 1. The summed E-state index contributed by atoms with van der Waals surface area (Å²) in [5.41, 5.74) is -2.19.